The van der Waals surface area contributed by atoms with Gasteiger partial charge in [-0.3, -0.25) is 13.9 Å². The summed E-state index contributed by atoms with van der Waals surface area (Å²) < 4.78 is 34.0. The minimum Gasteiger partial charge on any atom is -0.495 e. The number of nitrogens with one attached hydrogen (secondary N) is 2. The molecule has 2 N–H and O–H groups in total. The normalized spacial score (nSPS) is 11.0. The third kappa shape index (κ3) is 6.39. The number of ether oxygens (including phenoxy) is 1. The molecule has 0 atom stereocenters. The van der Waals surface area contributed by atoms with E-state index in [0.29, 0.717) is 17.1 Å². The van der Waals surface area contributed by atoms with Gasteiger partial charge in [0, 0.05) is 18.3 Å². The Hall–Kier alpha value is -3.85. The van der Waals surface area contributed by atoms with Crippen LogP contribution in [0.4, 0.5) is 17.1 Å². The molecule has 0 aliphatic carbocycles. The van der Waals surface area contributed by atoms with Crippen LogP contribution in [-0.2, 0) is 26.0 Å². The van der Waals surface area contributed by atoms with Gasteiger partial charge in [0.25, 0.3) is 10.0 Å². The van der Waals surface area contributed by atoms with Crippen molar-refractivity contribution in [2.45, 2.75) is 32.1 Å². The van der Waals surface area contributed by atoms with Crippen molar-refractivity contribution in [2.75, 3.05) is 28.6 Å². The van der Waals surface area contributed by atoms with E-state index < -0.39 is 22.5 Å². The Morgan fingerprint density at radius 3 is 2.20 bits per heavy atom. The molecule has 3 aromatic carbocycles. The summed E-state index contributed by atoms with van der Waals surface area (Å²) in [6.45, 7) is 4.71. The number of carbonyl (C=O) groups excluding carboxylic acids is 2. The zero-order valence-corrected chi connectivity index (χ0v) is 21.0. The van der Waals surface area contributed by atoms with Crippen molar-refractivity contribution < 1.29 is 22.7 Å². The molecule has 2 amide bonds. The molecule has 0 aliphatic rings. The van der Waals surface area contributed by atoms with Crippen LogP contribution in [0.3, 0.4) is 0 Å². The molecule has 184 valence electrons. The predicted molar refractivity (Wildman–Crippen MR) is 137 cm³/mol. The summed E-state index contributed by atoms with van der Waals surface area (Å²) in [5.41, 5.74) is 3.07. The van der Waals surface area contributed by atoms with Crippen LogP contribution in [0.2, 0.25) is 0 Å². The van der Waals surface area contributed by atoms with Gasteiger partial charge in [-0.2, -0.15) is 0 Å². The maximum atomic E-state index is 13.8. The number of rotatable bonds is 9. The van der Waals surface area contributed by atoms with Gasteiger partial charge in [0.1, 0.15) is 17.2 Å². The second kappa shape index (κ2) is 11.1. The van der Waals surface area contributed by atoms with Gasteiger partial charge >= 0.3 is 0 Å². The van der Waals surface area contributed by atoms with Crippen molar-refractivity contribution in [1.29, 1.82) is 0 Å². The Kier molecular flexibility index (Phi) is 8.14. The SMILES string of the molecule is CCc1ccc(N(CC(=O)Nc2cccc(NC(C)=O)c2)S(=O)(=O)c2cc(C)ccc2OC)cc1. The minimum absolute atomic E-state index is 0.0278. The summed E-state index contributed by atoms with van der Waals surface area (Å²) in [6.07, 6.45) is 0.795. The fourth-order valence-electron chi connectivity index (χ4n) is 3.53. The number of aryl methyl sites for hydroxylation is 2. The number of carbonyl (C=O) groups is 2. The minimum atomic E-state index is -4.16. The van der Waals surface area contributed by atoms with Crippen LogP contribution in [0.25, 0.3) is 0 Å². The first-order valence-electron chi connectivity index (χ1n) is 11.1. The zero-order valence-electron chi connectivity index (χ0n) is 20.2. The molecule has 35 heavy (non-hydrogen) atoms. The lowest BCUT2D eigenvalue weighted by Crippen LogP contribution is -2.38. The van der Waals surface area contributed by atoms with Crippen LogP contribution in [0, 0.1) is 6.92 Å². The average Bonchev–Trinajstić information content (AvgIpc) is 2.82. The van der Waals surface area contributed by atoms with Gasteiger partial charge in [0.05, 0.1) is 12.8 Å². The highest BCUT2D eigenvalue weighted by Crippen LogP contribution is 2.31. The number of nitrogens with zero attached hydrogens (tertiary/aromatic N) is 1. The molecule has 3 rings (SSSR count). The number of amides is 2. The molecule has 0 fully saturated rings. The second-order valence-electron chi connectivity index (χ2n) is 8.00. The van der Waals surface area contributed by atoms with Crippen molar-refractivity contribution >= 4 is 38.9 Å². The number of hydrogen-bond acceptors (Lipinski definition) is 5. The van der Waals surface area contributed by atoms with Crippen molar-refractivity contribution in [3.63, 3.8) is 0 Å². The van der Waals surface area contributed by atoms with Gasteiger partial charge in [0.2, 0.25) is 11.8 Å². The van der Waals surface area contributed by atoms with Gasteiger partial charge in [-0.15, -0.1) is 0 Å². The van der Waals surface area contributed by atoms with E-state index in [1.165, 1.54) is 20.1 Å². The second-order valence-corrected chi connectivity index (χ2v) is 9.83. The van der Waals surface area contributed by atoms with E-state index >= 15 is 0 Å². The summed E-state index contributed by atoms with van der Waals surface area (Å²) in [6, 6.07) is 18.5. The van der Waals surface area contributed by atoms with Crippen LogP contribution in [0.5, 0.6) is 5.75 Å². The van der Waals surface area contributed by atoms with Gasteiger partial charge < -0.3 is 15.4 Å². The zero-order chi connectivity index (χ0) is 25.6. The number of anilines is 3. The number of methoxy groups -OCH3 is 1. The van der Waals surface area contributed by atoms with Crippen LogP contribution in [-0.4, -0.2) is 33.9 Å². The third-order valence-corrected chi connectivity index (χ3v) is 7.07. The maximum absolute atomic E-state index is 13.8. The van der Waals surface area contributed by atoms with E-state index in [2.05, 4.69) is 10.6 Å². The topological polar surface area (TPSA) is 105 Å². The molecular weight excluding hydrogens is 466 g/mol. The Morgan fingerprint density at radius 2 is 1.60 bits per heavy atom. The molecule has 0 saturated heterocycles. The van der Waals surface area contributed by atoms with Gasteiger partial charge in [-0.25, -0.2) is 8.42 Å². The number of sulfonamides is 1. The number of hydrogen-bond donors (Lipinski definition) is 2. The van der Waals surface area contributed by atoms with Crippen molar-refractivity contribution in [2.24, 2.45) is 0 Å². The summed E-state index contributed by atoms with van der Waals surface area (Å²) in [5, 5.41) is 5.36. The summed E-state index contributed by atoms with van der Waals surface area (Å²) >= 11 is 0. The van der Waals surface area contributed by atoms with Crippen molar-refractivity contribution in [3.8, 4) is 5.75 Å². The van der Waals surface area contributed by atoms with E-state index in [-0.39, 0.29) is 16.6 Å². The van der Waals surface area contributed by atoms with Crippen LogP contribution < -0.4 is 19.7 Å². The lowest BCUT2D eigenvalue weighted by Gasteiger charge is -2.25. The van der Waals surface area contributed by atoms with E-state index in [1.54, 1.807) is 55.5 Å². The van der Waals surface area contributed by atoms with E-state index in [0.717, 1.165) is 21.9 Å². The van der Waals surface area contributed by atoms with Crippen molar-refractivity contribution in [3.05, 3.63) is 77.9 Å². The molecule has 0 spiro atoms. The quantitative estimate of drug-likeness (QED) is 0.459. The van der Waals surface area contributed by atoms with Crippen molar-refractivity contribution in [1.82, 2.24) is 0 Å². The molecule has 0 aromatic heterocycles. The Labute approximate surface area is 206 Å². The number of benzene rings is 3. The van der Waals surface area contributed by atoms with E-state index in [1.807, 2.05) is 19.1 Å². The molecule has 0 bridgehead atoms. The fraction of sp³-hybridized carbons (Fsp3) is 0.231. The molecule has 0 aliphatic heterocycles. The van der Waals surface area contributed by atoms with Crippen LogP contribution in [0.1, 0.15) is 25.0 Å². The fourth-order valence-corrected chi connectivity index (χ4v) is 5.19. The first kappa shape index (κ1) is 25.8. The lowest BCUT2D eigenvalue weighted by atomic mass is 10.1. The highest BCUT2D eigenvalue weighted by Gasteiger charge is 2.30. The Bertz CT molecular complexity index is 1320. The third-order valence-electron chi connectivity index (χ3n) is 5.27. The van der Waals surface area contributed by atoms with Gasteiger partial charge in [0.15, 0.2) is 0 Å². The largest absolute Gasteiger partial charge is 0.495 e. The summed E-state index contributed by atoms with van der Waals surface area (Å²) in [5.74, 6) is -0.595. The van der Waals surface area contributed by atoms with Crippen LogP contribution >= 0.6 is 0 Å². The predicted octanol–water partition coefficient (Wildman–Crippen LogP) is 4.36. The van der Waals surface area contributed by atoms with Gasteiger partial charge in [-0.05, 0) is 66.9 Å². The Balaban J connectivity index is 1.97. The monoisotopic (exact) mass is 495 g/mol. The average molecular weight is 496 g/mol. The smallest absolute Gasteiger partial charge is 0.268 e. The summed E-state index contributed by atoms with van der Waals surface area (Å²) in [4.78, 5) is 24.3. The molecule has 3 aromatic rings. The maximum Gasteiger partial charge on any atom is 0.268 e. The molecule has 0 unspecified atom stereocenters. The first-order valence-corrected chi connectivity index (χ1v) is 12.5. The molecule has 0 saturated carbocycles. The van der Waals surface area contributed by atoms with E-state index in [4.69, 9.17) is 4.74 Å². The first-order chi connectivity index (χ1) is 16.6. The standard InChI is InChI=1S/C26H29N3O5S/c1-5-20-10-12-23(13-11-20)29(35(32,33)25-15-18(2)9-14-24(25)34-4)17-26(31)28-22-8-6-7-21(16-22)27-19(3)30/h6-16H,5,17H2,1-4H3,(H,27,30)(H,28,31). The highest BCUT2D eigenvalue weighted by atomic mass is 32.2. The van der Waals surface area contributed by atoms with Gasteiger partial charge in [-0.1, -0.05) is 31.2 Å². The Morgan fingerprint density at radius 1 is 0.943 bits per heavy atom. The highest BCUT2D eigenvalue weighted by molar-refractivity contribution is 7.93. The van der Waals surface area contributed by atoms with Crippen LogP contribution in [0.15, 0.2) is 71.6 Å². The molecule has 9 heteroatoms. The molecular formula is C26H29N3O5S. The lowest BCUT2D eigenvalue weighted by molar-refractivity contribution is -0.115. The van der Waals surface area contributed by atoms with E-state index in [9.17, 15) is 18.0 Å². The molecule has 8 nitrogen and oxygen atoms in total. The summed E-state index contributed by atoms with van der Waals surface area (Å²) in [7, 11) is -2.76. The molecule has 0 heterocycles. The molecule has 0 radical (unpaired) electrons.